The second-order valence-electron chi connectivity index (χ2n) is 3.69. The van der Waals surface area contributed by atoms with E-state index in [4.69, 9.17) is 0 Å². The lowest BCUT2D eigenvalue weighted by Crippen LogP contribution is -2.37. The number of halogens is 1. The molecule has 0 bridgehead atoms. The Morgan fingerprint density at radius 3 is 2.78 bits per heavy atom. The van der Waals surface area contributed by atoms with E-state index >= 15 is 0 Å². The van der Waals surface area contributed by atoms with Gasteiger partial charge in [-0.2, -0.15) is 0 Å². The van der Waals surface area contributed by atoms with Crippen LogP contribution in [0.15, 0.2) is 31.7 Å². The van der Waals surface area contributed by atoms with E-state index in [2.05, 4.69) is 20.9 Å². The van der Waals surface area contributed by atoms with Gasteiger partial charge in [-0.3, -0.25) is 14.2 Å². The van der Waals surface area contributed by atoms with E-state index in [0.717, 1.165) is 20.1 Å². The summed E-state index contributed by atoms with van der Waals surface area (Å²) in [5.41, 5.74) is -1.09. The largest absolute Gasteiger partial charge is 0.328 e. The number of rotatable bonds is 3. The summed E-state index contributed by atoms with van der Waals surface area (Å²) < 4.78 is 1.92. The molecule has 94 valence electrons. The lowest BCUT2D eigenvalue weighted by Gasteiger charge is -2.03. The van der Waals surface area contributed by atoms with Crippen LogP contribution in [-0.4, -0.2) is 15.3 Å². The van der Waals surface area contributed by atoms with Gasteiger partial charge >= 0.3 is 5.69 Å². The monoisotopic (exact) mass is 328 g/mol. The second-order valence-corrected chi connectivity index (χ2v) is 5.60. The first kappa shape index (κ1) is 13.0. The molecule has 2 aromatic rings. The fourth-order valence-electron chi connectivity index (χ4n) is 1.50. The molecule has 5 nitrogen and oxygen atoms in total. The molecule has 2 rings (SSSR count). The molecule has 18 heavy (non-hydrogen) atoms. The molecule has 0 fully saturated rings. The summed E-state index contributed by atoms with van der Waals surface area (Å²) in [6.45, 7) is 1.45. The zero-order valence-electron chi connectivity index (χ0n) is 9.40. The highest BCUT2D eigenvalue weighted by Crippen LogP contribution is 2.19. The summed E-state index contributed by atoms with van der Waals surface area (Å²) in [6, 6.07) is 1.83. The Balaban J connectivity index is 2.50. The Kier molecular flexibility index (Phi) is 3.63. The zero-order chi connectivity index (χ0) is 13.3. The van der Waals surface area contributed by atoms with Crippen molar-refractivity contribution in [1.82, 2.24) is 9.55 Å². The highest BCUT2D eigenvalue weighted by atomic mass is 79.9. The van der Waals surface area contributed by atoms with Gasteiger partial charge in [-0.1, -0.05) is 0 Å². The number of hydrogen-bond acceptors (Lipinski definition) is 4. The van der Waals surface area contributed by atoms with Crippen LogP contribution < -0.4 is 11.2 Å². The van der Waals surface area contributed by atoms with Gasteiger partial charge in [0.25, 0.3) is 5.56 Å². The number of carbonyl (C=O) groups excluding carboxylic acids is 1. The number of aromatic amines is 1. The maximum Gasteiger partial charge on any atom is 0.328 e. The zero-order valence-corrected chi connectivity index (χ0v) is 11.8. The Bertz CT molecular complexity index is 714. The molecule has 0 aromatic carbocycles. The average molecular weight is 329 g/mol. The third kappa shape index (κ3) is 2.51. The molecule has 0 amide bonds. The van der Waals surface area contributed by atoms with Crippen molar-refractivity contribution in [2.45, 2.75) is 13.5 Å². The van der Waals surface area contributed by atoms with E-state index in [1.807, 2.05) is 11.4 Å². The highest BCUT2D eigenvalue weighted by Gasteiger charge is 2.11. The standard InChI is InChI=1S/C11H9BrN2O3S/c1-6(15)9-3-13-11(17)14(10(9)16)4-8-2-7(12)5-18-8/h2-3,5H,4H2,1H3,(H,13,17). The van der Waals surface area contributed by atoms with Crippen LogP contribution in [-0.2, 0) is 6.54 Å². The van der Waals surface area contributed by atoms with Crippen molar-refractivity contribution in [3.8, 4) is 0 Å². The van der Waals surface area contributed by atoms with Gasteiger partial charge in [0.05, 0.1) is 12.1 Å². The molecular formula is C11H9BrN2O3S. The maximum atomic E-state index is 12.0. The minimum atomic E-state index is -0.559. The smallest absolute Gasteiger partial charge is 0.313 e. The number of ketones is 1. The molecule has 7 heteroatoms. The molecule has 0 atom stereocenters. The quantitative estimate of drug-likeness (QED) is 0.870. The molecular weight excluding hydrogens is 320 g/mol. The van der Waals surface area contributed by atoms with Crippen LogP contribution in [0.1, 0.15) is 22.2 Å². The lowest BCUT2D eigenvalue weighted by molar-refractivity contribution is 0.101. The van der Waals surface area contributed by atoms with E-state index < -0.39 is 11.2 Å². The number of nitrogens with zero attached hydrogens (tertiary/aromatic N) is 1. The third-order valence-electron chi connectivity index (χ3n) is 2.38. The Labute approximate surface area is 114 Å². The van der Waals surface area contributed by atoms with Crippen molar-refractivity contribution in [3.63, 3.8) is 0 Å². The highest BCUT2D eigenvalue weighted by molar-refractivity contribution is 9.10. The summed E-state index contributed by atoms with van der Waals surface area (Å²) >= 11 is 4.73. The molecule has 0 saturated carbocycles. The minimum absolute atomic E-state index is 0.00905. The number of nitrogens with one attached hydrogen (secondary N) is 1. The van der Waals surface area contributed by atoms with Crippen molar-refractivity contribution in [2.24, 2.45) is 0 Å². The number of carbonyl (C=O) groups is 1. The van der Waals surface area contributed by atoms with E-state index in [0.29, 0.717) is 0 Å². The van der Waals surface area contributed by atoms with Gasteiger partial charge in [0.15, 0.2) is 5.78 Å². The minimum Gasteiger partial charge on any atom is -0.313 e. The van der Waals surface area contributed by atoms with Crippen molar-refractivity contribution >= 4 is 33.0 Å². The van der Waals surface area contributed by atoms with Crippen LogP contribution in [0.3, 0.4) is 0 Å². The molecule has 0 saturated heterocycles. The predicted octanol–water partition coefficient (Wildman–Crippen LogP) is 1.61. The van der Waals surface area contributed by atoms with Crippen molar-refractivity contribution in [3.05, 3.63) is 53.4 Å². The first-order chi connectivity index (χ1) is 8.49. The maximum absolute atomic E-state index is 12.0. The molecule has 1 N–H and O–H groups in total. The van der Waals surface area contributed by atoms with Crippen molar-refractivity contribution < 1.29 is 4.79 Å². The van der Waals surface area contributed by atoms with Gasteiger partial charge in [0.2, 0.25) is 0 Å². The van der Waals surface area contributed by atoms with Crippen LogP contribution in [0.4, 0.5) is 0 Å². The van der Waals surface area contributed by atoms with Crippen LogP contribution in [0, 0.1) is 0 Å². The number of thiophene rings is 1. The molecule has 2 heterocycles. The van der Waals surface area contributed by atoms with Crippen LogP contribution in [0.5, 0.6) is 0 Å². The van der Waals surface area contributed by atoms with Crippen LogP contribution in [0.25, 0.3) is 0 Å². The van der Waals surface area contributed by atoms with Gasteiger partial charge in [0.1, 0.15) is 0 Å². The summed E-state index contributed by atoms with van der Waals surface area (Å²) in [6.07, 6.45) is 1.16. The number of hydrogen-bond donors (Lipinski definition) is 1. The van der Waals surface area contributed by atoms with Gasteiger partial charge in [-0.25, -0.2) is 4.79 Å². The summed E-state index contributed by atoms with van der Waals surface area (Å²) in [5.74, 6) is -0.364. The predicted molar refractivity (Wildman–Crippen MR) is 72.4 cm³/mol. The first-order valence-electron chi connectivity index (χ1n) is 5.05. The van der Waals surface area contributed by atoms with Gasteiger partial charge in [0, 0.05) is 20.9 Å². The van der Waals surface area contributed by atoms with E-state index in [1.165, 1.54) is 18.3 Å². The van der Waals surface area contributed by atoms with Gasteiger partial charge < -0.3 is 4.98 Å². The lowest BCUT2D eigenvalue weighted by atomic mass is 10.2. The Morgan fingerprint density at radius 2 is 2.22 bits per heavy atom. The number of aromatic nitrogens is 2. The summed E-state index contributed by atoms with van der Waals surface area (Å²) in [7, 11) is 0. The topological polar surface area (TPSA) is 71.9 Å². The fourth-order valence-corrected chi connectivity index (χ4v) is 2.94. The van der Waals surface area contributed by atoms with Crippen LogP contribution in [0.2, 0.25) is 0 Å². The molecule has 0 unspecified atom stereocenters. The molecule has 0 aliphatic heterocycles. The molecule has 2 aromatic heterocycles. The Morgan fingerprint density at radius 1 is 1.50 bits per heavy atom. The first-order valence-corrected chi connectivity index (χ1v) is 6.72. The fraction of sp³-hybridized carbons (Fsp3) is 0.182. The number of Topliss-reactive ketones (excluding diaryl/α,β-unsaturated/α-hetero) is 1. The van der Waals surface area contributed by atoms with E-state index in [-0.39, 0.29) is 17.9 Å². The molecule has 0 radical (unpaired) electrons. The normalized spacial score (nSPS) is 10.6. The Hall–Kier alpha value is -1.47. The number of H-pyrrole nitrogens is 1. The molecule has 0 aliphatic carbocycles. The van der Waals surface area contributed by atoms with Gasteiger partial charge in [-0.15, -0.1) is 11.3 Å². The van der Waals surface area contributed by atoms with Crippen molar-refractivity contribution in [1.29, 1.82) is 0 Å². The molecule has 0 aliphatic rings. The van der Waals surface area contributed by atoms with Crippen molar-refractivity contribution in [2.75, 3.05) is 0 Å². The van der Waals surface area contributed by atoms with Gasteiger partial charge in [-0.05, 0) is 28.9 Å². The van der Waals surface area contributed by atoms with Crippen LogP contribution >= 0.6 is 27.3 Å². The summed E-state index contributed by atoms with van der Waals surface area (Å²) in [4.78, 5) is 38.1. The van der Waals surface area contributed by atoms with E-state index in [1.54, 1.807) is 0 Å². The van der Waals surface area contributed by atoms with E-state index in [9.17, 15) is 14.4 Å². The third-order valence-corrected chi connectivity index (χ3v) is 4.06. The SMILES string of the molecule is CC(=O)c1c[nH]c(=O)n(Cc2cc(Br)cs2)c1=O. The second kappa shape index (κ2) is 5.03. The average Bonchev–Trinajstić information content (AvgIpc) is 2.69. The molecule has 0 spiro atoms. The summed E-state index contributed by atoms with van der Waals surface area (Å²) in [5, 5.41) is 1.86.